The molecule has 1 heterocycles. The number of aliphatic carboxylic acids is 1. The summed E-state index contributed by atoms with van der Waals surface area (Å²) in [6, 6.07) is 3.31. The number of fused-ring (bicyclic) bond motifs is 6. The van der Waals surface area contributed by atoms with Gasteiger partial charge in [0.25, 0.3) is 0 Å². The molecule has 2 atom stereocenters. The van der Waals surface area contributed by atoms with Crippen LogP contribution in [0.2, 0.25) is 10.0 Å². The van der Waals surface area contributed by atoms with Crippen LogP contribution in [0.3, 0.4) is 0 Å². The third-order valence-electron chi connectivity index (χ3n) is 5.60. The fourth-order valence-corrected chi connectivity index (χ4v) is 4.64. The first-order valence-electron chi connectivity index (χ1n) is 7.17. The molecule has 4 nitrogen and oxygen atoms in total. The topological polar surface area (TPSA) is 65.9 Å². The van der Waals surface area contributed by atoms with Crippen molar-refractivity contribution >= 4 is 40.2 Å². The Kier molecular flexibility index (Phi) is 2.66. The van der Waals surface area contributed by atoms with Crippen LogP contribution in [0.15, 0.2) is 12.1 Å². The second-order valence-corrected chi connectivity index (χ2v) is 7.53. The normalized spacial score (nSPS) is 28.1. The molecule has 1 saturated carbocycles. The molecule has 1 aromatic carbocycles. The standard InChI is InChI=1S/C16H14Cl2N2O2/c1-15(2)7-3-4-16(15,14(21)22)13-12(7)19-10-5-8(17)9(18)6-11(10)20-13/h5-7H,3-4H2,1-2H3,(H,21,22)/p-1. The van der Waals surface area contributed by atoms with E-state index >= 15 is 0 Å². The van der Waals surface area contributed by atoms with Crippen molar-refractivity contribution in [3.05, 3.63) is 33.6 Å². The van der Waals surface area contributed by atoms with Crippen molar-refractivity contribution in [3.63, 3.8) is 0 Å². The average Bonchev–Trinajstić information content (AvgIpc) is 2.81. The SMILES string of the molecule is CC1(C)C2CCC1(C(=O)[O-])c1nc3cc(Cl)c(Cl)cc3nc12. The lowest BCUT2D eigenvalue weighted by atomic mass is 9.68. The van der Waals surface area contributed by atoms with Crippen LogP contribution in [0.4, 0.5) is 0 Å². The Morgan fingerprint density at radius 1 is 1.23 bits per heavy atom. The van der Waals surface area contributed by atoms with Gasteiger partial charge < -0.3 is 9.90 Å². The Morgan fingerprint density at radius 2 is 1.82 bits per heavy atom. The molecule has 2 unspecified atom stereocenters. The first-order chi connectivity index (χ1) is 10.3. The highest BCUT2D eigenvalue weighted by molar-refractivity contribution is 6.42. The Balaban J connectivity index is 2.08. The highest BCUT2D eigenvalue weighted by atomic mass is 35.5. The van der Waals surface area contributed by atoms with Gasteiger partial charge in [-0.3, -0.25) is 0 Å². The number of benzene rings is 1. The maximum absolute atomic E-state index is 12.0. The maximum Gasteiger partial charge on any atom is 0.0906 e. The molecule has 2 aliphatic rings. The highest BCUT2D eigenvalue weighted by Gasteiger charge is 2.64. The summed E-state index contributed by atoms with van der Waals surface area (Å²) < 4.78 is 0. The van der Waals surface area contributed by atoms with E-state index in [-0.39, 0.29) is 5.92 Å². The molecule has 114 valence electrons. The van der Waals surface area contributed by atoms with Gasteiger partial charge in [0.1, 0.15) is 0 Å². The first kappa shape index (κ1) is 14.2. The van der Waals surface area contributed by atoms with Crippen LogP contribution in [0.5, 0.6) is 0 Å². The quantitative estimate of drug-likeness (QED) is 0.803. The Morgan fingerprint density at radius 3 is 2.41 bits per heavy atom. The molecule has 2 aromatic rings. The minimum absolute atomic E-state index is 0.0757. The lowest BCUT2D eigenvalue weighted by molar-refractivity contribution is -0.317. The highest BCUT2D eigenvalue weighted by Crippen LogP contribution is 2.66. The van der Waals surface area contributed by atoms with Crippen molar-refractivity contribution < 1.29 is 9.90 Å². The molecule has 0 radical (unpaired) electrons. The summed E-state index contributed by atoms with van der Waals surface area (Å²) >= 11 is 12.1. The van der Waals surface area contributed by atoms with E-state index in [1.165, 1.54) is 0 Å². The third-order valence-corrected chi connectivity index (χ3v) is 6.32. The van der Waals surface area contributed by atoms with E-state index in [0.717, 1.165) is 12.1 Å². The van der Waals surface area contributed by atoms with Crippen molar-refractivity contribution in [1.29, 1.82) is 0 Å². The van der Waals surface area contributed by atoms with E-state index in [1.807, 2.05) is 13.8 Å². The van der Waals surface area contributed by atoms with Crippen LogP contribution in [0.25, 0.3) is 11.0 Å². The van der Waals surface area contributed by atoms with Gasteiger partial charge >= 0.3 is 0 Å². The summed E-state index contributed by atoms with van der Waals surface area (Å²) in [5, 5.41) is 12.8. The van der Waals surface area contributed by atoms with Gasteiger partial charge in [-0.1, -0.05) is 37.0 Å². The predicted molar refractivity (Wildman–Crippen MR) is 82.0 cm³/mol. The van der Waals surface area contributed by atoms with Crippen molar-refractivity contribution in [2.75, 3.05) is 0 Å². The number of carbonyl (C=O) groups is 1. The molecule has 0 saturated heterocycles. The number of carboxylic acid groups (broad SMARTS) is 1. The van der Waals surface area contributed by atoms with E-state index in [4.69, 9.17) is 23.2 Å². The molecule has 6 heteroatoms. The number of carboxylic acids is 1. The summed E-state index contributed by atoms with van der Waals surface area (Å²) in [4.78, 5) is 21.3. The van der Waals surface area contributed by atoms with E-state index < -0.39 is 16.8 Å². The Hall–Kier alpha value is -1.39. The summed E-state index contributed by atoms with van der Waals surface area (Å²) in [5.74, 6) is -0.987. The second kappa shape index (κ2) is 4.12. The van der Waals surface area contributed by atoms with Crippen LogP contribution < -0.4 is 5.11 Å². The molecule has 22 heavy (non-hydrogen) atoms. The molecule has 4 rings (SSSR count). The number of rotatable bonds is 1. The van der Waals surface area contributed by atoms with E-state index in [9.17, 15) is 9.90 Å². The maximum atomic E-state index is 12.0. The smallest absolute Gasteiger partial charge is 0.0906 e. The van der Waals surface area contributed by atoms with Crippen LogP contribution in [0, 0.1) is 5.41 Å². The van der Waals surface area contributed by atoms with E-state index in [1.54, 1.807) is 12.1 Å². The zero-order valence-electron chi connectivity index (χ0n) is 12.1. The molecule has 2 bridgehead atoms. The second-order valence-electron chi connectivity index (χ2n) is 6.72. The lowest BCUT2D eigenvalue weighted by Gasteiger charge is -2.38. The van der Waals surface area contributed by atoms with Crippen LogP contribution >= 0.6 is 23.2 Å². The zero-order valence-corrected chi connectivity index (χ0v) is 13.6. The summed E-state index contributed by atoms with van der Waals surface area (Å²) in [7, 11) is 0. The van der Waals surface area contributed by atoms with Crippen molar-refractivity contribution in [2.45, 2.75) is 38.0 Å². The monoisotopic (exact) mass is 335 g/mol. The fourth-order valence-electron chi connectivity index (χ4n) is 4.33. The summed E-state index contributed by atoms with van der Waals surface area (Å²) in [5.41, 5.74) is 0.993. The molecule has 2 aliphatic carbocycles. The van der Waals surface area contributed by atoms with Gasteiger partial charge in [0.05, 0.1) is 43.9 Å². The number of halogens is 2. The van der Waals surface area contributed by atoms with Crippen LogP contribution in [-0.4, -0.2) is 15.9 Å². The van der Waals surface area contributed by atoms with Gasteiger partial charge in [-0.05, 0) is 30.4 Å². The Labute approximate surface area is 137 Å². The number of aromatic nitrogens is 2. The van der Waals surface area contributed by atoms with Gasteiger partial charge in [-0.25, -0.2) is 9.97 Å². The van der Waals surface area contributed by atoms with Crippen molar-refractivity contribution in [2.24, 2.45) is 5.41 Å². The number of hydrogen-bond donors (Lipinski definition) is 0. The van der Waals surface area contributed by atoms with E-state index in [2.05, 4.69) is 9.97 Å². The summed E-state index contributed by atoms with van der Waals surface area (Å²) in [6.07, 6.45) is 1.33. The lowest BCUT2D eigenvalue weighted by Crippen LogP contribution is -2.51. The summed E-state index contributed by atoms with van der Waals surface area (Å²) in [6.45, 7) is 3.93. The van der Waals surface area contributed by atoms with Gasteiger partial charge in [-0.2, -0.15) is 0 Å². The molecular weight excluding hydrogens is 323 g/mol. The van der Waals surface area contributed by atoms with Gasteiger partial charge in [0.2, 0.25) is 0 Å². The van der Waals surface area contributed by atoms with Gasteiger partial charge in [0.15, 0.2) is 0 Å². The van der Waals surface area contributed by atoms with Crippen molar-refractivity contribution in [3.8, 4) is 0 Å². The average molecular weight is 336 g/mol. The van der Waals surface area contributed by atoms with E-state index in [0.29, 0.717) is 33.2 Å². The Bertz CT molecular complexity index is 850. The minimum Gasteiger partial charge on any atom is -0.549 e. The zero-order chi connectivity index (χ0) is 15.9. The molecular formula is C16H13Cl2N2O2-. The molecule has 0 aliphatic heterocycles. The minimum atomic E-state index is -1.07. The molecule has 0 N–H and O–H groups in total. The molecule has 1 aromatic heterocycles. The number of nitrogens with zero attached hydrogens (tertiary/aromatic N) is 2. The number of hydrogen-bond acceptors (Lipinski definition) is 4. The molecule has 0 spiro atoms. The van der Waals surface area contributed by atoms with Crippen LogP contribution in [-0.2, 0) is 10.2 Å². The third kappa shape index (κ3) is 1.43. The molecule has 0 amide bonds. The largest absolute Gasteiger partial charge is 0.549 e. The van der Waals surface area contributed by atoms with Crippen molar-refractivity contribution in [1.82, 2.24) is 9.97 Å². The van der Waals surface area contributed by atoms with Gasteiger partial charge in [0, 0.05) is 5.92 Å². The first-order valence-corrected chi connectivity index (χ1v) is 7.93. The number of carbonyl (C=O) groups excluding carboxylic acids is 1. The predicted octanol–water partition coefficient (Wildman–Crippen LogP) is 2.84. The fraction of sp³-hybridized carbons (Fsp3) is 0.438. The van der Waals surface area contributed by atoms with Gasteiger partial charge in [-0.15, -0.1) is 0 Å². The van der Waals surface area contributed by atoms with Crippen LogP contribution in [0.1, 0.15) is 44.0 Å². The molecule has 1 fully saturated rings.